The molecule has 0 bridgehead atoms. The van der Waals surface area contributed by atoms with Gasteiger partial charge < -0.3 is 9.47 Å². The van der Waals surface area contributed by atoms with Crippen LogP contribution in [0, 0.1) is 0 Å². The summed E-state index contributed by atoms with van der Waals surface area (Å²) < 4.78 is 3.84. The number of para-hydroxylation sites is 2. The van der Waals surface area contributed by atoms with Crippen molar-refractivity contribution in [1.82, 2.24) is 34.7 Å². The largest absolute Gasteiger partial charge is 0.330 e. The number of carbonyl (C=O) groups is 1. The van der Waals surface area contributed by atoms with Gasteiger partial charge in [-0.3, -0.25) is 4.79 Å². The van der Waals surface area contributed by atoms with E-state index in [9.17, 15) is 4.79 Å². The lowest BCUT2D eigenvalue weighted by molar-refractivity contribution is -0.144. The molecule has 8 nitrogen and oxygen atoms in total. The average Bonchev–Trinajstić information content (AvgIpc) is 3.48. The highest BCUT2D eigenvalue weighted by molar-refractivity contribution is 5.85. The van der Waals surface area contributed by atoms with Gasteiger partial charge in [0.05, 0.1) is 17.1 Å². The Kier molecular flexibility index (Phi) is 4.14. The average molecular weight is 379 g/mol. The van der Waals surface area contributed by atoms with Gasteiger partial charge in [-0.1, -0.05) is 31.4 Å². The lowest BCUT2D eigenvalue weighted by atomic mass is 9.80. The second-order valence-electron chi connectivity index (χ2n) is 8.02. The van der Waals surface area contributed by atoms with Gasteiger partial charge in [0, 0.05) is 13.6 Å². The van der Waals surface area contributed by atoms with Crippen molar-refractivity contribution in [2.45, 2.75) is 56.5 Å². The van der Waals surface area contributed by atoms with Gasteiger partial charge in [0.25, 0.3) is 5.91 Å². The van der Waals surface area contributed by atoms with Crippen molar-refractivity contribution in [2.24, 2.45) is 7.05 Å². The van der Waals surface area contributed by atoms with E-state index in [4.69, 9.17) is 4.98 Å². The quantitative estimate of drug-likeness (QED) is 0.699. The Bertz CT molecular complexity index is 987. The number of amides is 1. The molecular formula is C20H25N7O. The van der Waals surface area contributed by atoms with Crippen LogP contribution < -0.4 is 0 Å². The summed E-state index contributed by atoms with van der Waals surface area (Å²) in [6.07, 6.45) is 8.33. The molecule has 28 heavy (non-hydrogen) atoms. The number of fused-ring (bicyclic) bond motifs is 1. The van der Waals surface area contributed by atoms with E-state index >= 15 is 0 Å². The third-order valence-electron chi connectivity index (χ3n) is 6.50. The summed E-state index contributed by atoms with van der Waals surface area (Å²) in [7, 11) is 2.05. The summed E-state index contributed by atoms with van der Waals surface area (Å²) >= 11 is 0. The van der Waals surface area contributed by atoms with Crippen LogP contribution in [0.15, 0.2) is 30.6 Å². The van der Waals surface area contributed by atoms with Crippen molar-refractivity contribution in [1.29, 1.82) is 0 Å². The molecule has 2 fully saturated rings. The first kappa shape index (κ1) is 17.3. The molecule has 0 radical (unpaired) electrons. The Balaban J connectivity index is 1.53. The molecule has 2 aliphatic rings. The number of nitrogens with zero attached hydrogens (tertiary/aromatic N) is 7. The molecule has 1 aliphatic heterocycles. The van der Waals surface area contributed by atoms with Gasteiger partial charge in [-0.05, 0) is 48.2 Å². The molecule has 1 unspecified atom stereocenters. The Morgan fingerprint density at radius 2 is 1.96 bits per heavy atom. The molecule has 146 valence electrons. The second-order valence-corrected chi connectivity index (χ2v) is 8.02. The van der Waals surface area contributed by atoms with Gasteiger partial charge in [-0.2, -0.15) is 0 Å². The van der Waals surface area contributed by atoms with Crippen LogP contribution >= 0.6 is 0 Å². The topological polar surface area (TPSA) is 81.7 Å². The molecule has 1 aromatic carbocycles. The number of rotatable bonds is 3. The van der Waals surface area contributed by atoms with Crippen LogP contribution in [0.4, 0.5) is 0 Å². The molecule has 2 aromatic heterocycles. The maximum Gasteiger partial charge on any atom is 0.251 e. The van der Waals surface area contributed by atoms with E-state index < -0.39 is 5.54 Å². The van der Waals surface area contributed by atoms with Crippen molar-refractivity contribution >= 4 is 16.9 Å². The SMILES string of the molecule is Cn1c(C2CCCN2C(=O)C2(n3cnnn3)CCCCC2)nc2ccccc21. The summed E-state index contributed by atoms with van der Waals surface area (Å²) in [5, 5.41) is 11.8. The van der Waals surface area contributed by atoms with Crippen LogP contribution in [0.2, 0.25) is 0 Å². The van der Waals surface area contributed by atoms with Crippen LogP contribution in [-0.2, 0) is 17.4 Å². The van der Waals surface area contributed by atoms with E-state index in [1.165, 1.54) is 0 Å². The number of carbonyl (C=O) groups excluding carboxylic acids is 1. The number of hydrogen-bond donors (Lipinski definition) is 0. The number of aromatic nitrogens is 6. The summed E-state index contributed by atoms with van der Waals surface area (Å²) in [5.41, 5.74) is 1.42. The fourth-order valence-corrected chi connectivity index (χ4v) is 5.04. The summed E-state index contributed by atoms with van der Waals surface area (Å²) in [6.45, 7) is 0.760. The normalized spacial score (nSPS) is 22.0. The third-order valence-corrected chi connectivity index (χ3v) is 6.50. The first-order chi connectivity index (χ1) is 13.7. The fourth-order valence-electron chi connectivity index (χ4n) is 5.04. The Labute approximate surface area is 163 Å². The monoisotopic (exact) mass is 379 g/mol. The first-order valence-corrected chi connectivity index (χ1v) is 10.2. The fraction of sp³-hybridized carbons (Fsp3) is 0.550. The molecule has 5 rings (SSSR count). The number of hydrogen-bond acceptors (Lipinski definition) is 5. The maximum absolute atomic E-state index is 13.9. The number of benzene rings is 1. The standard InChI is InChI=1S/C20H25N7O/c1-25-16-9-4-3-8-15(16)22-18(25)17-10-7-13-26(17)19(28)20(11-5-2-6-12-20)27-14-21-23-24-27/h3-4,8-9,14,17H,2,5-7,10-13H2,1H3. The highest BCUT2D eigenvalue weighted by atomic mass is 16.2. The Morgan fingerprint density at radius 1 is 1.14 bits per heavy atom. The zero-order valence-corrected chi connectivity index (χ0v) is 16.2. The zero-order chi connectivity index (χ0) is 19.1. The van der Waals surface area contributed by atoms with Gasteiger partial charge in [0.15, 0.2) is 0 Å². The lowest BCUT2D eigenvalue weighted by Crippen LogP contribution is -2.52. The molecule has 0 N–H and O–H groups in total. The molecule has 1 aliphatic carbocycles. The van der Waals surface area contributed by atoms with E-state index in [-0.39, 0.29) is 11.9 Å². The van der Waals surface area contributed by atoms with E-state index in [2.05, 4.69) is 26.2 Å². The van der Waals surface area contributed by atoms with Crippen molar-refractivity contribution in [2.75, 3.05) is 6.54 Å². The van der Waals surface area contributed by atoms with Crippen LogP contribution in [0.5, 0.6) is 0 Å². The summed E-state index contributed by atoms with van der Waals surface area (Å²) in [5.74, 6) is 1.11. The van der Waals surface area contributed by atoms with Gasteiger partial charge >= 0.3 is 0 Å². The second kappa shape index (κ2) is 6.68. The minimum Gasteiger partial charge on any atom is -0.330 e. The van der Waals surface area contributed by atoms with Crippen molar-refractivity contribution in [3.63, 3.8) is 0 Å². The Hall–Kier alpha value is -2.77. The zero-order valence-electron chi connectivity index (χ0n) is 16.2. The predicted octanol–water partition coefficient (Wildman–Crippen LogP) is 2.58. The highest BCUT2D eigenvalue weighted by Gasteiger charge is 2.48. The molecule has 1 amide bonds. The summed E-state index contributed by atoms with van der Waals surface area (Å²) in [6, 6.07) is 8.14. The molecule has 1 saturated heterocycles. The van der Waals surface area contributed by atoms with Gasteiger partial charge in [0.1, 0.15) is 17.7 Å². The van der Waals surface area contributed by atoms with E-state index in [1.807, 2.05) is 30.1 Å². The van der Waals surface area contributed by atoms with Gasteiger partial charge in [0.2, 0.25) is 0 Å². The molecule has 1 saturated carbocycles. The van der Waals surface area contributed by atoms with E-state index in [1.54, 1.807) is 11.0 Å². The summed E-state index contributed by atoms with van der Waals surface area (Å²) in [4.78, 5) is 20.8. The Morgan fingerprint density at radius 3 is 2.71 bits per heavy atom. The smallest absolute Gasteiger partial charge is 0.251 e. The molecule has 0 spiro atoms. The van der Waals surface area contributed by atoms with E-state index in [0.717, 1.165) is 68.3 Å². The van der Waals surface area contributed by atoms with Crippen molar-refractivity contribution in [3.8, 4) is 0 Å². The minimum absolute atomic E-state index is 0.000169. The number of likely N-dealkylation sites (tertiary alicyclic amines) is 1. The van der Waals surface area contributed by atoms with Crippen molar-refractivity contribution < 1.29 is 4.79 Å². The predicted molar refractivity (Wildman–Crippen MR) is 103 cm³/mol. The van der Waals surface area contributed by atoms with Crippen LogP contribution in [-0.4, -0.2) is 47.1 Å². The van der Waals surface area contributed by atoms with Crippen molar-refractivity contribution in [3.05, 3.63) is 36.4 Å². The van der Waals surface area contributed by atoms with Crippen LogP contribution in [0.1, 0.15) is 56.8 Å². The third kappa shape index (κ3) is 2.54. The van der Waals surface area contributed by atoms with Crippen LogP contribution in [0.25, 0.3) is 11.0 Å². The van der Waals surface area contributed by atoms with E-state index in [0.29, 0.717) is 0 Å². The number of tetrazole rings is 1. The lowest BCUT2D eigenvalue weighted by Gasteiger charge is -2.39. The van der Waals surface area contributed by atoms with Crippen LogP contribution in [0.3, 0.4) is 0 Å². The minimum atomic E-state index is -0.658. The molecule has 8 heteroatoms. The molecule has 3 heterocycles. The van der Waals surface area contributed by atoms with Gasteiger partial charge in [-0.25, -0.2) is 9.67 Å². The molecular weight excluding hydrogens is 354 g/mol. The highest BCUT2D eigenvalue weighted by Crippen LogP contribution is 2.41. The first-order valence-electron chi connectivity index (χ1n) is 10.2. The molecule has 3 aromatic rings. The molecule has 1 atom stereocenters. The number of imidazole rings is 1. The van der Waals surface area contributed by atoms with Gasteiger partial charge in [-0.15, -0.1) is 5.10 Å². The number of aryl methyl sites for hydroxylation is 1. The maximum atomic E-state index is 13.9.